The van der Waals surface area contributed by atoms with Crippen LogP contribution in [-0.4, -0.2) is 31.1 Å². The SMILES string of the molecule is CCCNCC1CCN(Cc2ccc(F)cc2Br)CC1. The average molecular weight is 343 g/mol. The molecule has 1 saturated heterocycles. The lowest BCUT2D eigenvalue weighted by Crippen LogP contribution is -2.37. The van der Waals surface area contributed by atoms with E-state index in [1.54, 1.807) is 12.1 Å². The van der Waals surface area contributed by atoms with Crippen molar-refractivity contribution in [1.29, 1.82) is 0 Å². The molecule has 1 aromatic rings. The number of nitrogens with zero attached hydrogens (tertiary/aromatic N) is 1. The first-order chi connectivity index (χ1) is 9.69. The second-order valence-corrected chi connectivity index (χ2v) is 6.51. The zero-order chi connectivity index (χ0) is 14.4. The summed E-state index contributed by atoms with van der Waals surface area (Å²) in [5.74, 6) is 0.635. The van der Waals surface area contributed by atoms with Crippen LogP contribution in [-0.2, 0) is 6.54 Å². The van der Waals surface area contributed by atoms with E-state index in [1.807, 2.05) is 6.07 Å². The van der Waals surface area contributed by atoms with Crippen LogP contribution in [0.15, 0.2) is 22.7 Å². The van der Waals surface area contributed by atoms with Crippen LogP contribution in [0, 0.1) is 11.7 Å². The Hall–Kier alpha value is -0.450. The number of benzene rings is 1. The monoisotopic (exact) mass is 342 g/mol. The molecule has 2 rings (SSSR count). The number of piperidine rings is 1. The normalized spacial score (nSPS) is 17.6. The molecule has 0 saturated carbocycles. The number of nitrogens with one attached hydrogen (secondary N) is 1. The minimum absolute atomic E-state index is 0.179. The summed E-state index contributed by atoms with van der Waals surface area (Å²) in [7, 11) is 0. The number of halogens is 2. The summed E-state index contributed by atoms with van der Waals surface area (Å²) in [5, 5.41) is 3.52. The van der Waals surface area contributed by atoms with Gasteiger partial charge in [0.1, 0.15) is 5.82 Å². The first-order valence-electron chi connectivity index (χ1n) is 7.56. The van der Waals surface area contributed by atoms with Crippen molar-refractivity contribution < 1.29 is 4.39 Å². The van der Waals surface area contributed by atoms with Gasteiger partial charge in [-0.3, -0.25) is 4.90 Å². The fourth-order valence-electron chi connectivity index (χ4n) is 2.72. The summed E-state index contributed by atoms with van der Waals surface area (Å²) in [5.41, 5.74) is 1.17. The predicted molar refractivity (Wildman–Crippen MR) is 85.3 cm³/mol. The Balaban J connectivity index is 1.76. The van der Waals surface area contributed by atoms with Gasteiger partial charge in [-0.15, -0.1) is 0 Å². The molecule has 1 aliphatic heterocycles. The fraction of sp³-hybridized carbons (Fsp3) is 0.625. The minimum atomic E-state index is -0.179. The topological polar surface area (TPSA) is 15.3 Å². The quantitative estimate of drug-likeness (QED) is 0.791. The predicted octanol–water partition coefficient (Wildman–Crippen LogP) is 3.80. The second-order valence-electron chi connectivity index (χ2n) is 5.66. The molecule has 2 nitrogen and oxygen atoms in total. The highest BCUT2D eigenvalue weighted by Crippen LogP contribution is 2.23. The van der Waals surface area contributed by atoms with Gasteiger partial charge in [-0.05, 0) is 69.1 Å². The lowest BCUT2D eigenvalue weighted by atomic mass is 9.96. The van der Waals surface area contributed by atoms with E-state index >= 15 is 0 Å². The Morgan fingerprint density at radius 1 is 1.35 bits per heavy atom. The first-order valence-corrected chi connectivity index (χ1v) is 8.35. The van der Waals surface area contributed by atoms with E-state index in [0.717, 1.165) is 43.1 Å². The van der Waals surface area contributed by atoms with Gasteiger partial charge in [-0.1, -0.05) is 28.9 Å². The van der Waals surface area contributed by atoms with Gasteiger partial charge >= 0.3 is 0 Å². The van der Waals surface area contributed by atoms with Crippen molar-refractivity contribution in [2.24, 2.45) is 5.92 Å². The van der Waals surface area contributed by atoms with Gasteiger partial charge in [0, 0.05) is 11.0 Å². The zero-order valence-electron chi connectivity index (χ0n) is 12.2. The standard InChI is InChI=1S/C16H24BrFN2/c1-2-7-19-11-13-5-8-20(9-6-13)12-14-3-4-15(18)10-16(14)17/h3-4,10,13,19H,2,5-9,11-12H2,1H3. The highest BCUT2D eigenvalue weighted by atomic mass is 79.9. The van der Waals surface area contributed by atoms with Crippen LogP contribution < -0.4 is 5.32 Å². The number of hydrogen-bond acceptors (Lipinski definition) is 2. The van der Waals surface area contributed by atoms with E-state index in [9.17, 15) is 4.39 Å². The molecule has 0 unspecified atom stereocenters. The average Bonchev–Trinajstić information content (AvgIpc) is 2.44. The molecule has 0 spiro atoms. The minimum Gasteiger partial charge on any atom is -0.316 e. The maximum absolute atomic E-state index is 13.1. The Kier molecular flexibility index (Phi) is 6.46. The van der Waals surface area contributed by atoms with Gasteiger partial charge in [0.2, 0.25) is 0 Å². The van der Waals surface area contributed by atoms with Crippen LogP contribution in [0.1, 0.15) is 31.7 Å². The van der Waals surface area contributed by atoms with E-state index in [1.165, 1.54) is 24.8 Å². The van der Waals surface area contributed by atoms with Crippen LogP contribution in [0.3, 0.4) is 0 Å². The van der Waals surface area contributed by atoms with Crippen molar-refractivity contribution in [3.63, 3.8) is 0 Å². The molecular weight excluding hydrogens is 319 g/mol. The summed E-state index contributed by atoms with van der Waals surface area (Å²) < 4.78 is 14.0. The molecule has 0 radical (unpaired) electrons. The van der Waals surface area contributed by atoms with E-state index in [0.29, 0.717) is 0 Å². The lowest BCUT2D eigenvalue weighted by Gasteiger charge is -2.32. The van der Waals surface area contributed by atoms with Crippen molar-refractivity contribution in [2.75, 3.05) is 26.2 Å². The number of likely N-dealkylation sites (tertiary alicyclic amines) is 1. The molecule has 0 aliphatic carbocycles. The highest BCUT2D eigenvalue weighted by Gasteiger charge is 2.19. The zero-order valence-corrected chi connectivity index (χ0v) is 13.8. The summed E-state index contributed by atoms with van der Waals surface area (Å²) in [6, 6.07) is 4.98. The van der Waals surface area contributed by atoms with Gasteiger partial charge in [0.15, 0.2) is 0 Å². The van der Waals surface area contributed by atoms with E-state index < -0.39 is 0 Å². The molecule has 1 aromatic carbocycles. The van der Waals surface area contributed by atoms with Crippen molar-refractivity contribution in [1.82, 2.24) is 10.2 Å². The molecule has 1 heterocycles. The van der Waals surface area contributed by atoms with Gasteiger partial charge in [-0.2, -0.15) is 0 Å². The van der Waals surface area contributed by atoms with Gasteiger partial charge in [-0.25, -0.2) is 4.39 Å². The van der Waals surface area contributed by atoms with Gasteiger partial charge in [0.25, 0.3) is 0 Å². The largest absolute Gasteiger partial charge is 0.316 e. The van der Waals surface area contributed by atoms with Crippen LogP contribution in [0.25, 0.3) is 0 Å². The molecule has 112 valence electrons. The van der Waals surface area contributed by atoms with Gasteiger partial charge in [0.05, 0.1) is 0 Å². The maximum Gasteiger partial charge on any atom is 0.124 e. The molecule has 1 N–H and O–H groups in total. The van der Waals surface area contributed by atoms with E-state index in [2.05, 4.69) is 33.1 Å². The molecule has 0 amide bonds. The molecule has 0 atom stereocenters. The Morgan fingerprint density at radius 3 is 2.75 bits per heavy atom. The molecule has 0 bridgehead atoms. The summed E-state index contributed by atoms with van der Waals surface area (Å²) in [6.07, 6.45) is 3.72. The van der Waals surface area contributed by atoms with Crippen LogP contribution in [0.2, 0.25) is 0 Å². The van der Waals surface area contributed by atoms with E-state index in [-0.39, 0.29) is 5.82 Å². The molecule has 4 heteroatoms. The Labute approximate surface area is 129 Å². The Bertz CT molecular complexity index is 417. The first kappa shape index (κ1) is 15.9. The number of rotatable bonds is 6. The van der Waals surface area contributed by atoms with Crippen molar-refractivity contribution in [3.8, 4) is 0 Å². The van der Waals surface area contributed by atoms with Crippen LogP contribution >= 0.6 is 15.9 Å². The fourth-order valence-corrected chi connectivity index (χ4v) is 3.20. The highest BCUT2D eigenvalue weighted by molar-refractivity contribution is 9.10. The molecule has 20 heavy (non-hydrogen) atoms. The van der Waals surface area contributed by atoms with Gasteiger partial charge < -0.3 is 5.32 Å². The van der Waals surface area contributed by atoms with Crippen molar-refractivity contribution >= 4 is 15.9 Å². The molecule has 0 aromatic heterocycles. The van der Waals surface area contributed by atoms with Crippen LogP contribution in [0.4, 0.5) is 4.39 Å². The van der Waals surface area contributed by atoms with Crippen LogP contribution in [0.5, 0.6) is 0 Å². The van der Waals surface area contributed by atoms with E-state index in [4.69, 9.17) is 0 Å². The maximum atomic E-state index is 13.1. The number of hydrogen-bond donors (Lipinski definition) is 1. The molecule has 1 fully saturated rings. The van der Waals surface area contributed by atoms with Crippen molar-refractivity contribution in [2.45, 2.75) is 32.7 Å². The molecular formula is C16H24BrFN2. The Morgan fingerprint density at radius 2 is 2.10 bits per heavy atom. The second kappa shape index (κ2) is 8.11. The lowest BCUT2D eigenvalue weighted by molar-refractivity contribution is 0.175. The summed E-state index contributed by atoms with van der Waals surface area (Å²) in [4.78, 5) is 2.47. The smallest absolute Gasteiger partial charge is 0.124 e. The third-order valence-electron chi connectivity index (χ3n) is 3.98. The third-order valence-corrected chi connectivity index (χ3v) is 4.71. The molecule has 1 aliphatic rings. The van der Waals surface area contributed by atoms with Crippen molar-refractivity contribution in [3.05, 3.63) is 34.1 Å². The third kappa shape index (κ3) is 4.83. The summed E-state index contributed by atoms with van der Waals surface area (Å²) >= 11 is 3.45. The summed E-state index contributed by atoms with van der Waals surface area (Å²) in [6.45, 7) is 7.68.